The van der Waals surface area contributed by atoms with Gasteiger partial charge < -0.3 is 0 Å². The SMILES string of the molecule is CN1C(=O)CN(C=Cc2ccccc2)C1=O. The van der Waals surface area contributed by atoms with Crippen LogP contribution in [-0.2, 0) is 4.79 Å². The Hall–Kier alpha value is -2.10. The minimum atomic E-state index is -0.280. The Labute approximate surface area is 93.8 Å². The normalized spacial score (nSPS) is 16.6. The van der Waals surface area contributed by atoms with E-state index in [2.05, 4.69) is 0 Å². The summed E-state index contributed by atoms with van der Waals surface area (Å²) in [5.41, 5.74) is 0.998. The molecule has 3 amide bonds. The summed E-state index contributed by atoms with van der Waals surface area (Å²) in [6.07, 6.45) is 3.45. The maximum absolute atomic E-state index is 11.5. The van der Waals surface area contributed by atoms with E-state index in [-0.39, 0.29) is 18.5 Å². The maximum Gasteiger partial charge on any atom is 0.330 e. The number of benzene rings is 1. The highest BCUT2D eigenvalue weighted by Crippen LogP contribution is 2.10. The van der Waals surface area contributed by atoms with E-state index in [0.717, 1.165) is 10.5 Å². The monoisotopic (exact) mass is 216 g/mol. The van der Waals surface area contributed by atoms with Crippen molar-refractivity contribution in [2.45, 2.75) is 0 Å². The largest absolute Gasteiger partial charge is 0.330 e. The van der Waals surface area contributed by atoms with Crippen molar-refractivity contribution < 1.29 is 9.59 Å². The number of hydrogen-bond donors (Lipinski definition) is 0. The summed E-state index contributed by atoms with van der Waals surface area (Å²) in [6.45, 7) is 0.124. The summed E-state index contributed by atoms with van der Waals surface area (Å²) in [5.74, 6) is -0.178. The first kappa shape index (κ1) is 10.4. The molecule has 0 unspecified atom stereocenters. The van der Waals surface area contributed by atoms with Crippen LogP contribution in [0.1, 0.15) is 5.56 Å². The zero-order valence-electron chi connectivity index (χ0n) is 8.96. The highest BCUT2D eigenvalue weighted by molar-refractivity contribution is 6.02. The Kier molecular flexibility index (Phi) is 2.72. The van der Waals surface area contributed by atoms with Crippen LogP contribution >= 0.6 is 0 Å². The zero-order chi connectivity index (χ0) is 11.5. The number of urea groups is 1. The first-order chi connectivity index (χ1) is 7.68. The molecule has 1 heterocycles. The third-order valence-corrected chi connectivity index (χ3v) is 2.46. The third-order valence-electron chi connectivity index (χ3n) is 2.46. The molecule has 0 spiro atoms. The molecule has 1 aromatic rings. The summed E-state index contributed by atoms with van der Waals surface area (Å²) < 4.78 is 0. The lowest BCUT2D eigenvalue weighted by Crippen LogP contribution is -2.26. The van der Waals surface area contributed by atoms with E-state index in [9.17, 15) is 9.59 Å². The lowest BCUT2D eigenvalue weighted by Gasteiger charge is -2.08. The van der Waals surface area contributed by atoms with Gasteiger partial charge in [0.2, 0.25) is 5.91 Å². The second kappa shape index (κ2) is 4.18. The van der Waals surface area contributed by atoms with Crippen molar-refractivity contribution >= 4 is 18.0 Å². The number of likely N-dealkylation sites (N-methyl/N-ethyl adjacent to an activating group) is 1. The number of imide groups is 1. The van der Waals surface area contributed by atoms with Gasteiger partial charge in [0, 0.05) is 13.2 Å². The zero-order valence-corrected chi connectivity index (χ0v) is 8.96. The van der Waals surface area contributed by atoms with Gasteiger partial charge in [0.15, 0.2) is 0 Å². The first-order valence-electron chi connectivity index (χ1n) is 4.99. The molecule has 1 aliphatic rings. The van der Waals surface area contributed by atoms with Crippen molar-refractivity contribution in [2.75, 3.05) is 13.6 Å². The lowest BCUT2D eigenvalue weighted by molar-refractivity contribution is -0.124. The van der Waals surface area contributed by atoms with E-state index in [1.807, 2.05) is 36.4 Å². The summed E-state index contributed by atoms with van der Waals surface area (Å²) >= 11 is 0. The van der Waals surface area contributed by atoms with Crippen LogP contribution in [0.5, 0.6) is 0 Å². The minimum Gasteiger partial charge on any atom is -0.291 e. The molecule has 0 bridgehead atoms. The molecule has 0 atom stereocenters. The summed E-state index contributed by atoms with van der Waals surface area (Å²) in [4.78, 5) is 25.3. The molecular weight excluding hydrogens is 204 g/mol. The smallest absolute Gasteiger partial charge is 0.291 e. The second-order valence-electron chi connectivity index (χ2n) is 3.59. The predicted octanol–water partition coefficient (Wildman–Crippen LogP) is 1.55. The highest BCUT2D eigenvalue weighted by atomic mass is 16.2. The van der Waals surface area contributed by atoms with Gasteiger partial charge in [-0.1, -0.05) is 30.3 Å². The van der Waals surface area contributed by atoms with Crippen molar-refractivity contribution in [3.8, 4) is 0 Å². The number of hydrogen-bond acceptors (Lipinski definition) is 2. The van der Waals surface area contributed by atoms with E-state index in [1.165, 1.54) is 11.9 Å². The van der Waals surface area contributed by atoms with Crippen LogP contribution in [0.15, 0.2) is 36.5 Å². The van der Waals surface area contributed by atoms with Gasteiger partial charge in [-0.15, -0.1) is 0 Å². The lowest BCUT2D eigenvalue weighted by atomic mass is 10.2. The van der Waals surface area contributed by atoms with Crippen LogP contribution in [0.4, 0.5) is 4.79 Å². The molecule has 0 aromatic heterocycles. The maximum atomic E-state index is 11.5. The number of carbonyl (C=O) groups excluding carboxylic acids is 2. The quantitative estimate of drug-likeness (QED) is 0.704. The highest BCUT2D eigenvalue weighted by Gasteiger charge is 2.31. The Morgan fingerprint density at radius 3 is 2.44 bits per heavy atom. The Balaban J connectivity index is 2.09. The predicted molar refractivity (Wildman–Crippen MR) is 60.3 cm³/mol. The molecule has 4 nitrogen and oxygen atoms in total. The summed E-state index contributed by atoms with van der Waals surface area (Å²) in [5, 5.41) is 0. The third kappa shape index (κ3) is 1.95. The van der Waals surface area contributed by atoms with Crippen LogP contribution in [-0.4, -0.2) is 35.3 Å². The summed E-state index contributed by atoms with van der Waals surface area (Å²) in [7, 11) is 1.49. The molecule has 16 heavy (non-hydrogen) atoms. The molecule has 0 radical (unpaired) electrons. The molecule has 82 valence electrons. The number of nitrogens with zero attached hydrogens (tertiary/aromatic N) is 2. The second-order valence-corrected chi connectivity index (χ2v) is 3.59. The fourth-order valence-electron chi connectivity index (χ4n) is 1.48. The van der Waals surface area contributed by atoms with Gasteiger partial charge in [-0.25, -0.2) is 4.79 Å². The van der Waals surface area contributed by atoms with Crippen LogP contribution < -0.4 is 0 Å². The minimum absolute atomic E-state index is 0.124. The fraction of sp³-hybridized carbons (Fsp3) is 0.167. The van der Waals surface area contributed by atoms with Gasteiger partial charge in [0.1, 0.15) is 6.54 Å². The van der Waals surface area contributed by atoms with Crippen LogP contribution in [0, 0.1) is 0 Å². The van der Waals surface area contributed by atoms with E-state index in [4.69, 9.17) is 0 Å². The average Bonchev–Trinajstić information content (AvgIpc) is 2.56. The first-order valence-corrected chi connectivity index (χ1v) is 4.99. The molecule has 0 aliphatic carbocycles. The molecular formula is C12H12N2O2. The van der Waals surface area contributed by atoms with Crippen LogP contribution in [0.3, 0.4) is 0 Å². The van der Waals surface area contributed by atoms with Crippen LogP contribution in [0.2, 0.25) is 0 Å². The fourth-order valence-corrected chi connectivity index (χ4v) is 1.48. The van der Waals surface area contributed by atoms with Gasteiger partial charge in [0.25, 0.3) is 0 Å². The van der Waals surface area contributed by atoms with Gasteiger partial charge in [0.05, 0.1) is 0 Å². The van der Waals surface area contributed by atoms with Crippen molar-refractivity contribution in [2.24, 2.45) is 0 Å². The van der Waals surface area contributed by atoms with E-state index in [1.54, 1.807) is 6.20 Å². The van der Waals surface area contributed by atoms with Gasteiger partial charge in [-0.05, 0) is 11.6 Å². The number of carbonyl (C=O) groups is 2. The van der Waals surface area contributed by atoms with E-state index in [0.29, 0.717) is 0 Å². The average molecular weight is 216 g/mol. The molecule has 4 heteroatoms. The molecule has 2 rings (SSSR count). The molecule has 1 saturated heterocycles. The van der Waals surface area contributed by atoms with Gasteiger partial charge in [-0.2, -0.15) is 0 Å². The molecule has 0 saturated carbocycles. The molecule has 1 fully saturated rings. The Morgan fingerprint density at radius 1 is 1.19 bits per heavy atom. The molecule has 0 N–H and O–H groups in total. The van der Waals surface area contributed by atoms with Crippen molar-refractivity contribution in [1.82, 2.24) is 9.80 Å². The molecule has 1 aromatic carbocycles. The number of amides is 3. The Bertz CT molecular complexity index is 440. The standard InChI is InChI=1S/C12H12N2O2/c1-13-11(15)9-14(12(13)16)8-7-10-5-3-2-4-6-10/h2-8H,9H2,1H3. The van der Waals surface area contributed by atoms with Crippen LogP contribution in [0.25, 0.3) is 6.08 Å². The summed E-state index contributed by atoms with van der Waals surface area (Å²) in [6, 6.07) is 9.35. The topological polar surface area (TPSA) is 40.6 Å². The van der Waals surface area contributed by atoms with Gasteiger partial charge >= 0.3 is 6.03 Å². The van der Waals surface area contributed by atoms with Crippen molar-refractivity contribution in [1.29, 1.82) is 0 Å². The molecule has 1 aliphatic heterocycles. The van der Waals surface area contributed by atoms with Crippen molar-refractivity contribution in [3.05, 3.63) is 42.1 Å². The van der Waals surface area contributed by atoms with E-state index >= 15 is 0 Å². The van der Waals surface area contributed by atoms with E-state index < -0.39 is 0 Å². The van der Waals surface area contributed by atoms with Gasteiger partial charge in [-0.3, -0.25) is 14.6 Å². The number of rotatable bonds is 2. The van der Waals surface area contributed by atoms with Crippen molar-refractivity contribution in [3.63, 3.8) is 0 Å². The Morgan fingerprint density at radius 2 is 1.88 bits per heavy atom.